The van der Waals surface area contributed by atoms with Gasteiger partial charge in [0, 0.05) is 19.6 Å². The van der Waals surface area contributed by atoms with Crippen molar-refractivity contribution in [3.05, 3.63) is 0 Å². The van der Waals surface area contributed by atoms with Gasteiger partial charge in [0.2, 0.25) is 10.0 Å². The Morgan fingerprint density at radius 3 is 2.56 bits per heavy atom. The number of sulfonamides is 1. The monoisotopic (exact) mass is 378 g/mol. The number of morpholine rings is 1. The Balaban J connectivity index is 1.95. The standard InChI is InChI=1S/C15H26N2O7S/c1-3-11-4-5-13(24-11)15(20)16-6-7-23-12(8-16)9-17(10-14(18)19)25(2,21)22/h11-13H,3-10H2,1-2H3,(H,18,19). The Hall–Kier alpha value is -1.23. The molecule has 2 aliphatic heterocycles. The van der Waals surface area contributed by atoms with Crippen LogP contribution in [0.25, 0.3) is 0 Å². The number of carbonyl (C=O) groups is 2. The molecule has 0 spiro atoms. The Morgan fingerprint density at radius 2 is 2.00 bits per heavy atom. The molecule has 2 rings (SSSR count). The molecule has 0 aromatic heterocycles. The maximum absolute atomic E-state index is 12.6. The molecule has 3 atom stereocenters. The molecule has 0 aliphatic carbocycles. The Labute approximate surface area is 147 Å². The van der Waals surface area contributed by atoms with Gasteiger partial charge in [-0.3, -0.25) is 9.59 Å². The number of nitrogens with zero attached hydrogens (tertiary/aromatic N) is 2. The van der Waals surface area contributed by atoms with Gasteiger partial charge < -0.3 is 19.5 Å². The average molecular weight is 378 g/mol. The molecule has 9 nitrogen and oxygen atoms in total. The predicted octanol–water partition coefficient (Wildman–Crippen LogP) is -0.482. The Morgan fingerprint density at radius 1 is 1.28 bits per heavy atom. The molecule has 0 radical (unpaired) electrons. The van der Waals surface area contributed by atoms with Gasteiger partial charge in [0.05, 0.1) is 25.1 Å². The third-order valence-corrected chi connectivity index (χ3v) is 5.69. The minimum absolute atomic E-state index is 0.0992. The summed E-state index contributed by atoms with van der Waals surface area (Å²) < 4.78 is 35.6. The molecular formula is C15H26N2O7S. The van der Waals surface area contributed by atoms with Crippen molar-refractivity contribution in [2.24, 2.45) is 0 Å². The number of amides is 1. The summed E-state index contributed by atoms with van der Waals surface area (Å²) in [5, 5.41) is 8.88. The first-order valence-electron chi connectivity index (χ1n) is 8.43. The lowest BCUT2D eigenvalue weighted by molar-refractivity contribution is -0.151. The largest absolute Gasteiger partial charge is 0.480 e. The number of aliphatic carboxylic acids is 1. The van der Waals surface area contributed by atoms with Crippen LogP contribution < -0.4 is 0 Å². The molecule has 2 saturated heterocycles. The number of ether oxygens (including phenoxy) is 2. The summed E-state index contributed by atoms with van der Waals surface area (Å²) in [4.78, 5) is 25.1. The lowest BCUT2D eigenvalue weighted by atomic mass is 10.1. The number of carboxylic acids is 1. The normalized spacial score (nSPS) is 27.6. The summed E-state index contributed by atoms with van der Waals surface area (Å²) in [6, 6.07) is 0. The Kier molecular flexibility index (Phi) is 6.78. The van der Waals surface area contributed by atoms with Crippen LogP contribution in [0.5, 0.6) is 0 Å². The lowest BCUT2D eigenvalue weighted by Crippen LogP contribution is -2.53. The van der Waals surface area contributed by atoms with Crippen LogP contribution >= 0.6 is 0 Å². The Bertz CT molecular complexity index is 595. The van der Waals surface area contributed by atoms with Crippen molar-refractivity contribution in [1.82, 2.24) is 9.21 Å². The molecule has 0 bridgehead atoms. The highest BCUT2D eigenvalue weighted by atomic mass is 32.2. The van der Waals surface area contributed by atoms with Crippen LogP contribution in [-0.2, 0) is 29.1 Å². The number of rotatable bonds is 7. The van der Waals surface area contributed by atoms with Gasteiger partial charge in [-0.05, 0) is 19.3 Å². The summed E-state index contributed by atoms with van der Waals surface area (Å²) >= 11 is 0. The van der Waals surface area contributed by atoms with Crippen molar-refractivity contribution in [2.75, 3.05) is 39.0 Å². The number of hydrogen-bond acceptors (Lipinski definition) is 6. The fraction of sp³-hybridized carbons (Fsp3) is 0.867. The maximum atomic E-state index is 12.6. The summed E-state index contributed by atoms with van der Waals surface area (Å²) in [5.74, 6) is -1.34. The van der Waals surface area contributed by atoms with Crippen LogP contribution in [0.3, 0.4) is 0 Å². The van der Waals surface area contributed by atoms with Crippen molar-refractivity contribution < 1.29 is 32.6 Å². The third kappa shape index (κ3) is 5.63. The second kappa shape index (κ2) is 8.43. The fourth-order valence-electron chi connectivity index (χ4n) is 3.12. The minimum Gasteiger partial charge on any atom is -0.480 e. The van der Waals surface area contributed by atoms with E-state index in [1.807, 2.05) is 6.92 Å². The van der Waals surface area contributed by atoms with E-state index in [0.29, 0.717) is 13.0 Å². The predicted molar refractivity (Wildman–Crippen MR) is 88.6 cm³/mol. The highest BCUT2D eigenvalue weighted by molar-refractivity contribution is 7.88. The lowest BCUT2D eigenvalue weighted by Gasteiger charge is -2.35. The summed E-state index contributed by atoms with van der Waals surface area (Å²) in [5.41, 5.74) is 0. The first-order chi connectivity index (χ1) is 11.7. The average Bonchev–Trinajstić information content (AvgIpc) is 3.01. The zero-order chi connectivity index (χ0) is 18.6. The van der Waals surface area contributed by atoms with Crippen LogP contribution in [-0.4, -0.2) is 92.0 Å². The van der Waals surface area contributed by atoms with Gasteiger partial charge in [-0.1, -0.05) is 6.92 Å². The highest BCUT2D eigenvalue weighted by Gasteiger charge is 2.36. The van der Waals surface area contributed by atoms with E-state index in [4.69, 9.17) is 14.6 Å². The van der Waals surface area contributed by atoms with E-state index >= 15 is 0 Å². The quantitative estimate of drug-likeness (QED) is 0.636. The molecule has 1 amide bonds. The van der Waals surface area contributed by atoms with Gasteiger partial charge in [0.1, 0.15) is 12.6 Å². The van der Waals surface area contributed by atoms with Crippen LogP contribution in [0.2, 0.25) is 0 Å². The van der Waals surface area contributed by atoms with E-state index in [-0.39, 0.29) is 31.7 Å². The molecule has 2 aliphatic rings. The zero-order valence-electron chi connectivity index (χ0n) is 14.6. The fourth-order valence-corrected chi connectivity index (χ4v) is 3.90. The first-order valence-corrected chi connectivity index (χ1v) is 10.3. The van der Waals surface area contributed by atoms with Gasteiger partial charge in [-0.25, -0.2) is 8.42 Å². The highest BCUT2D eigenvalue weighted by Crippen LogP contribution is 2.24. The number of carbonyl (C=O) groups excluding carboxylic acids is 1. The van der Waals surface area contributed by atoms with Gasteiger partial charge in [-0.15, -0.1) is 0 Å². The molecule has 1 N–H and O–H groups in total. The molecule has 0 aromatic rings. The summed E-state index contributed by atoms with van der Waals surface area (Å²) in [7, 11) is -3.68. The van der Waals surface area contributed by atoms with E-state index in [0.717, 1.165) is 23.4 Å². The molecule has 144 valence electrons. The van der Waals surface area contributed by atoms with E-state index in [2.05, 4.69) is 0 Å². The summed E-state index contributed by atoms with van der Waals surface area (Å²) in [6.07, 6.45) is 2.48. The smallest absolute Gasteiger partial charge is 0.318 e. The first kappa shape index (κ1) is 20.1. The van der Waals surface area contributed by atoms with Crippen molar-refractivity contribution in [3.63, 3.8) is 0 Å². The SMILES string of the molecule is CCC1CCC(C(=O)N2CCOC(CN(CC(=O)O)S(C)(=O)=O)C2)O1. The molecule has 10 heteroatoms. The van der Waals surface area contributed by atoms with Crippen molar-refractivity contribution >= 4 is 21.9 Å². The van der Waals surface area contributed by atoms with E-state index in [1.165, 1.54) is 0 Å². The number of carboxylic acid groups (broad SMARTS) is 1. The van der Waals surface area contributed by atoms with Crippen molar-refractivity contribution in [1.29, 1.82) is 0 Å². The van der Waals surface area contributed by atoms with Gasteiger partial charge in [-0.2, -0.15) is 4.31 Å². The molecular weight excluding hydrogens is 352 g/mol. The second-order valence-electron chi connectivity index (χ2n) is 6.46. The molecule has 0 aromatic carbocycles. The van der Waals surface area contributed by atoms with E-state index in [1.54, 1.807) is 4.90 Å². The van der Waals surface area contributed by atoms with Crippen LogP contribution in [0.1, 0.15) is 26.2 Å². The minimum atomic E-state index is -3.68. The summed E-state index contributed by atoms with van der Waals surface area (Å²) in [6.45, 7) is 2.22. The van der Waals surface area contributed by atoms with Crippen molar-refractivity contribution in [2.45, 2.75) is 44.5 Å². The zero-order valence-corrected chi connectivity index (χ0v) is 15.4. The molecule has 2 fully saturated rings. The van der Waals surface area contributed by atoms with Gasteiger partial charge >= 0.3 is 5.97 Å². The van der Waals surface area contributed by atoms with Crippen LogP contribution in [0.4, 0.5) is 0 Å². The maximum Gasteiger partial charge on any atom is 0.318 e. The molecule has 3 unspecified atom stereocenters. The van der Waals surface area contributed by atoms with Gasteiger partial charge in [0.15, 0.2) is 0 Å². The topological polar surface area (TPSA) is 113 Å². The van der Waals surface area contributed by atoms with Crippen molar-refractivity contribution in [3.8, 4) is 0 Å². The van der Waals surface area contributed by atoms with Crippen LogP contribution in [0, 0.1) is 0 Å². The van der Waals surface area contributed by atoms with E-state index in [9.17, 15) is 18.0 Å². The molecule has 0 saturated carbocycles. The van der Waals surface area contributed by atoms with Crippen LogP contribution in [0.15, 0.2) is 0 Å². The molecule has 2 heterocycles. The third-order valence-electron chi connectivity index (χ3n) is 4.48. The van der Waals surface area contributed by atoms with Gasteiger partial charge in [0.25, 0.3) is 5.91 Å². The number of hydrogen-bond donors (Lipinski definition) is 1. The second-order valence-corrected chi connectivity index (χ2v) is 8.44. The van der Waals surface area contributed by atoms with E-state index < -0.39 is 34.7 Å². The molecule has 25 heavy (non-hydrogen) atoms.